The molecule has 2 nitrogen and oxygen atoms in total. The Hall–Kier alpha value is -0.670. The molecule has 1 unspecified atom stereocenters. The number of hydrogen-bond donors (Lipinski definition) is 1. The zero-order valence-electron chi connectivity index (χ0n) is 4.95. The number of thiazole rings is 1. The van der Waals surface area contributed by atoms with Crippen LogP contribution in [0, 0.1) is 0 Å². The lowest BCUT2D eigenvalue weighted by atomic mass is 10.3. The summed E-state index contributed by atoms with van der Waals surface area (Å²) in [5.74, 6) is 0. The second-order valence-electron chi connectivity index (χ2n) is 1.67. The van der Waals surface area contributed by atoms with Crippen molar-refractivity contribution in [2.75, 3.05) is 0 Å². The highest BCUT2D eigenvalue weighted by Gasteiger charge is 1.99. The third-order valence-corrected chi connectivity index (χ3v) is 1.91. The molecule has 0 aliphatic carbocycles. The van der Waals surface area contributed by atoms with E-state index in [4.69, 9.17) is 5.73 Å². The second kappa shape index (κ2) is 2.75. The third kappa shape index (κ3) is 1.37. The van der Waals surface area contributed by atoms with Gasteiger partial charge in [0.1, 0.15) is 0 Å². The van der Waals surface area contributed by atoms with Gasteiger partial charge in [-0.1, -0.05) is 6.08 Å². The van der Waals surface area contributed by atoms with E-state index < -0.39 is 0 Å². The maximum absolute atomic E-state index is 5.59. The van der Waals surface area contributed by atoms with Crippen molar-refractivity contribution in [3.05, 3.63) is 29.2 Å². The zero-order chi connectivity index (χ0) is 6.69. The van der Waals surface area contributed by atoms with Gasteiger partial charge in [0.25, 0.3) is 0 Å². The minimum atomic E-state index is -0.0440. The molecule has 1 aromatic rings. The Balaban J connectivity index is 2.76. The van der Waals surface area contributed by atoms with Crippen molar-refractivity contribution in [3.63, 3.8) is 0 Å². The van der Waals surface area contributed by atoms with E-state index in [-0.39, 0.29) is 6.04 Å². The molecule has 1 aromatic heterocycles. The van der Waals surface area contributed by atoms with Gasteiger partial charge >= 0.3 is 0 Å². The predicted molar refractivity (Wildman–Crippen MR) is 39.2 cm³/mol. The Morgan fingerprint density at radius 2 is 2.67 bits per heavy atom. The molecule has 0 saturated carbocycles. The molecule has 0 fully saturated rings. The van der Waals surface area contributed by atoms with E-state index in [2.05, 4.69) is 11.6 Å². The van der Waals surface area contributed by atoms with Gasteiger partial charge in [0.15, 0.2) is 0 Å². The van der Waals surface area contributed by atoms with Gasteiger partial charge < -0.3 is 5.73 Å². The van der Waals surface area contributed by atoms with Crippen LogP contribution in [0.4, 0.5) is 0 Å². The van der Waals surface area contributed by atoms with Crippen LogP contribution in [0.2, 0.25) is 0 Å². The first-order chi connectivity index (χ1) is 4.34. The van der Waals surface area contributed by atoms with Gasteiger partial charge in [0, 0.05) is 11.1 Å². The monoisotopic (exact) mass is 140 g/mol. The highest BCUT2D eigenvalue weighted by Crippen LogP contribution is 2.14. The lowest BCUT2D eigenvalue weighted by molar-refractivity contribution is 0.935. The molecule has 1 atom stereocenters. The minimum absolute atomic E-state index is 0.0440. The van der Waals surface area contributed by atoms with Crippen molar-refractivity contribution in [1.29, 1.82) is 0 Å². The lowest BCUT2D eigenvalue weighted by Gasteiger charge is -1.97. The summed E-state index contributed by atoms with van der Waals surface area (Å²) in [5.41, 5.74) is 7.35. The van der Waals surface area contributed by atoms with Crippen LogP contribution in [0.15, 0.2) is 24.4 Å². The van der Waals surface area contributed by atoms with Crippen LogP contribution in [0.3, 0.4) is 0 Å². The Labute approximate surface area is 58.0 Å². The van der Waals surface area contributed by atoms with Crippen molar-refractivity contribution in [1.82, 2.24) is 4.98 Å². The molecule has 9 heavy (non-hydrogen) atoms. The molecule has 0 amide bonds. The standard InChI is InChI=1S/C6H8N2S/c1-2-5(7)6-3-8-4-9-6/h2-5H,1,7H2. The van der Waals surface area contributed by atoms with Crippen LogP contribution in [0.25, 0.3) is 0 Å². The van der Waals surface area contributed by atoms with Crippen LogP contribution in [0.1, 0.15) is 10.9 Å². The fourth-order valence-corrected chi connectivity index (χ4v) is 1.12. The van der Waals surface area contributed by atoms with Crippen molar-refractivity contribution < 1.29 is 0 Å². The molecular formula is C6H8N2S. The minimum Gasteiger partial charge on any atom is -0.320 e. The predicted octanol–water partition coefficient (Wildman–Crippen LogP) is 1.33. The first kappa shape index (κ1) is 6.45. The van der Waals surface area contributed by atoms with E-state index in [1.165, 1.54) is 0 Å². The number of nitrogens with two attached hydrogens (primary N) is 1. The SMILES string of the molecule is C=CC(N)c1cncs1. The van der Waals surface area contributed by atoms with E-state index in [1.54, 1.807) is 29.1 Å². The van der Waals surface area contributed by atoms with Crippen LogP contribution in [-0.4, -0.2) is 4.98 Å². The molecule has 0 aromatic carbocycles. The summed E-state index contributed by atoms with van der Waals surface area (Å²) >= 11 is 1.55. The molecule has 0 aliphatic rings. The van der Waals surface area contributed by atoms with Crippen LogP contribution in [-0.2, 0) is 0 Å². The average Bonchev–Trinajstić information content (AvgIpc) is 2.37. The van der Waals surface area contributed by atoms with Gasteiger partial charge in [0.2, 0.25) is 0 Å². The van der Waals surface area contributed by atoms with E-state index >= 15 is 0 Å². The zero-order valence-corrected chi connectivity index (χ0v) is 5.77. The topological polar surface area (TPSA) is 38.9 Å². The van der Waals surface area contributed by atoms with E-state index in [9.17, 15) is 0 Å². The Kier molecular flexibility index (Phi) is 1.97. The molecule has 3 heteroatoms. The Morgan fingerprint density at radius 1 is 1.89 bits per heavy atom. The summed E-state index contributed by atoms with van der Waals surface area (Å²) < 4.78 is 0. The van der Waals surface area contributed by atoms with Gasteiger partial charge in [-0.2, -0.15) is 0 Å². The molecule has 0 radical (unpaired) electrons. The largest absolute Gasteiger partial charge is 0.320 e. The van der Waals surface area contributed by atoms with Crippen LogP contribution < -0.4 is 5.73 Å². The Morgan fingerprint density at radius 3 is 3.11 bits per heavy atom. The smallest absolute Gasteiger partial charge is 0.0794 e. The summed E-state index contributed by atoms with van der Waals surface area (Å²) in [6.07, 6.45) is 3.46. The van der Waals surface area contributed by atoms with E-state index in [0.717, 1.165) is 4.88 Å². The normalized spacial score (nSPS) is 13.0. The second-order valence-corrected chi connectivity index (χ2v) is 2.58. The fourth-order valence-electron chi connectivity index (χ4n) is 0.506. The lowest BCUT2D eigenvalue weighted by Crippen LogP contribution is -2.03. The van der Waals surface area contributed by atoms with E-state index in [1.807, 2.05) is 0 Å². The number of nitrogens with zero attached hydrogens (tertiary/aromatic N) is 1. The summed E-state index contributed by atoms with van der Waals surface area (Å²) in [6.45, 7) is 3.57. The fraction of sp³-hybridized carbons (Fsp3) is 0.167. The van der Waals surface area contributed by atoms with Crippen LogP contribution >= 0.6 is 11.3 Å². The maximum atomic E-state index is 5.59. The van der Waals surface area contributed by atoms with Crippen molar-refractivity contribution in [3.8, 4) is 0 Å². The summed E-state index contributed by atoms with van der Waals surface area (Å²) in [5, 5.41) is 0. The summed E-state index contributed by atoms with van der Waals surface area (Å²) in [6, 6.07) is -0.0440. The molecule has 0 aliphatic heterocycles. The van der Waals surface area contributed by atoms with Gasteiger partial charge in [-0.3, -0.25) is 4.98 Å². The van der Waals surface area contributed by atoms with Gasteiger partial charge in [0.05, 0.1) is 11.6 Å². The van der Waals surface area contributed by atoms with Gasteiger partial charge in [-0.05, 0) is 0 Å². The molecule has 0 bridgehead atoms. The van der Waals surface area contributed by atoms with Crippen molar-refractivity contribution in [2.24, 2.45) is 5.73 Å². The molecule has 1 rings (SSSR count). The highest BCUT2D eigenvalue weighted by molar-refractivity contribution is 7.09. The molecule has 0 saturated heterocycles. The molecule has 48 valence electrons. The Bertz CT molecular complexity index is 181. The van der Waals surface area contributed by atoms with Gasteiger partial charge in [-0.15, -0.1) is 17.9 Å². The number of rotatable bonds is 2. The van der Waals surface area contributed by atoms with Crippen molar-refractivity contribution in [2.45, 2.75) is 6.04 Å². The van der Waals surface area contributed by atoms with Gasteiger partial charge in [-0.25, -0.2) is 0 Å². The molecule has 2 N–H and O–H groups in total. The first-order valence-electron chi connectivity index (χ1n) is 2.61. The maximum Gasteiger partial charge on any atom is 0.0794 e. The third-order valence-electron chi connectivity index (χ3n) is 1.03. The first-order valence-corrected chi connectivity index (χ1v) is 3.49. The number of hydrogen-bond acceptors (Lipinski definition) is 3. The van der Waals surface area contributed by atoms with E-state index in [0.29, 0.717) is 0 Å². The summed E-state index contributed by atoms with van der Waals surface area (Å²) in [7, 11) is 0. The highest BCUT2D eigenvalue weighted by atomic mass is 32.1. The quantitative estimate of drug-likeness (QED) is 0.629. The van der Waals surface area contributed by atoms with Crippen molar-refractivity contribution >= 4 is 11.3 Å². The number of aromatic nitrogens is 1. The molecular weight excluding hydrogens is 132 g/mol. The van der Waals surface area contributed by atoms with Crippen LogP contribution in [0.5, 0.6) is 0 Å². The average molecular weight is 140 g/mol. The summed E-state index contributed by atoms with van der Waals surface area (Å²) in [4.78, 5) is 4.94. The molecule has 1 heterocycles. The molecule has 0 spiro atoms.